The van der Waals surface area contributed by atoms with E-state index in [9.17, 15) is 27.5 Å². The summed E-state index contributed by atoms with van der Waals surface area (Å²) in [7, 11) is -4.26. The van der Waals surface area contributed by atoms with Crippen LogP contribution in [0.1, 0.15) is 31.9 Å². The van der Waals surface area contributed by atoms with Gasteiger partial charge in [-0.1, -0.05) is 57.2 Å². The molecule has 190 valence electrons. The van der Waals surface area contributed by atoms with Crippen LogP contribution in [0, 0.1) is 11.2 Å². The number of aromatic nitrogens is 1. The van der Waals surface area contributed by atoms with E-state index in [2.05, 4.69) is 9.38 Å². The molecule has 0 saturated heterocycles. The topological polar surface area (TPSA) is 120 Å². The first-order valence-electron chi connectivity index (χ1n) is 11.6. The number of hydrogen-bond acceptors (Lipinski definition) is 5. The van der Waals surface area contributed by atoms with Crippen molar-refractivity contribution in [1.82, 2.24) is 9.88 Å². The van der Waals surface area contributed by atoms with Gasteiger partial charge in [0.15, 0.2) is 0 Å². The summed E-state index contributed by atoms with van der Waals surface area (Å²) >= 11 is 0. The molecular formula is C27H24FN3O5S. The van der Waals surface area contributed by atoms with Crippen LogP contribution in [0.15, 0.2) is 86.1 Å². The molecule has 1 unspecified atom stereocenters. The second kappa shape index (κ2) is 8.52. The molecule has 0 bridgehead atoms. The molecule has 5 rings (SSSR count). The standard InChI is InChI=1S/C27H24FN3O5S/c1-27(2,3)25-23(33)21(26(34)31(25)14-15-10-12-16(28)13-11-15)22-18-7-4-6-17(24(18)37(35,36)30-22)19-8-5-9-20(32)29-19/h4-13,25,33H,14H2,1-3H3,(H,29,32). The Hall–Kier alpha value is -4.05. The predicted octanol–water partition coefficient (Wildman–Crippen LogP) is 3.94. The first-order valence-corrected chi connectivity index (χ1v) is 13.0. The molecule has 3 aromatic rings. The van der Waals surface area contributed by atoms with E-state index in [0.29, 0.717) is 5.56 Å². The predicted molar refractivity (Wildman–Crippen MR) is 136 cm³/mol. The van der Waals surface area contributed by atoms with Gasteiger partial charge in [-0.05, 0) is 29.2 Å². The fraction of sp³-hybridized carbons (Fsp3) is 0.222. The van der Waals surface area contributed by atoms with Crippen molar-refractivity contribution in [2.45, 2.75) is 38.3 Å². The summed E-state index contributed by atoms with van der Waals surface area (Å²) in [6.45, 7) is 5.64. The minimum atomic E-state index is -4.26. The Balaban J connectivity index is 1.65. The number of pyridine rings is 1. The number of aliphatic hydroxyl groups excluding tert-OH is 1. The van der Waals surface area contributed by atoms with E-state index >= 15 is 0 Å². The molecule has 0 saturated carbocycles. The lowest BCUT2D eigenvalue weighted by Crippen LogP contribution is -2.43. The third-order valence-corrected chi connectivity index (χ3v) is 7.80. The molecule has 2 N–H and O–H groups in total. The number of halogens is 1. The van der Waals surface area contributed by atoms with Crippen LogP contribution >= 0.6 is 0 Å². The summed E-state index contributed by atoms with van der Waals surface area (Å²) in [5.41, 5.74) is -0.0312. The zero-order valence-electron chi connectivity index (χ0n) is 20.3. The molecule has 0 spiro atoms. The molecule has 1 atom stereocenters. The maximum atomic E-state index is 13.8. The van der Waals surface area contributed by atoms with Gasteiger partial charge in [-0.2, -0.15) is 12.8 Å². The van der Waals surface area contributed by atoms with Crippen LogP contribution in [0.25, 0.3) is 11.3 Å². The van der Waals surface area contributed by atoms with E-state index in [1.807, 2.05) is 20.8 Å². The number of hydrogen-bond donors (Lipinski definition) is 2. The van der Waals surface area contributed by atoms with Crippen molar-refractivity contribution in [2.75, 3.05) is 0 Å². The number of carbonyl (C=O) groups is 1. The fourth-order valence-electron chi connectivity index (χ4n) is 4.92. The molecule has 10 heteroatoms. The average molecular weight is 522 g/mol. The van der Waals surface area contributed by atoms with Crippen molar-refractivity contribution in [1.29, 1.82) is 0 Å². The molecule has 0 radical (unpaired) electrons. The highest BCUT2D eigenvalue weighted by atomic mass is 32.2. The molecule has 1 amide bonds. The number of carbonyl (C=O) groups excluding carboxylic acids is 1. The maximum Gasteiger partial charge on any atom is 0.284 e. The van der Waals surface area contributed by atoms with E-state index in [4.69, 9.17) is 0 Å². The summed E-state index contributed by atoms with van der Waals surface area (Å²) < 4.78 is 43.9. The zero-order valence-corrected chi connectivity index (χ0v) is 21.1. The van der Waals surface area contributed by atoms with Gasteiger partial charge in [-0.25, -0.2) is 4.39 Å². The Kier molecular flexibility index (Phi) is 5.67. The summed E-state index contributed by atoms with van der Waals surface area (Å²) in [4.78, 5) is 29.6. The number of H-pyrrole nitrogens is 1. The van der Waals surface area contributed by atoms with Crippen LogP contribution in [0.5, 0.6) is 0 Å². The highest BCUT2D eigenvalue weighted by molar-refractivity contribution is 7.91. The van der Waals surface area contributed by atoms with Crippen molar-refractivity contribution in [3.05, 3.63) is 99.3 Å². The Bertz CT molecular complexity index is 1670. The molecule has 37 heavy (non-hydrogen) atoms. The molecule has 3 heterocycles. The van der Waals surface area contributed by atoms with Gasteiger partial charge in [0.1, 0.15) is 27.8 Å². The largest absolute Gasteiger partial charge is 0.509 e. The smallest absolute Gasteiger partial charge is 0.284 e. The third-order valence-electron chi connectivity index (χ3n) is 6.42. The van der Waals surface area contributed by atoms with Crippen molar-refractivity contribution in [2.24, 2.45) is 9.81 Å². The SMILES string of the molecule is CC(C)(C)C1C(O)=C(C2=NS(=O)(=O)c3c2cccc3-c2cccc(=O)[nH]2)C(=O)N1Cc1ccc(F)cc1. The lowest BCUT2D eigenvalue weighted by molar-refractivity contribution is -0.129. The van der Waals surface area contributed by atoms with E-state index in [1.54, 1.807) is 30.3 Å². The first-order chi connectivity index (χ1) is 17.4. The van der Waals surface area contributed by atoms with Gasteiger partial charge >= 0.3 is 0 Å². The average Bonchev–Trinajstić information content (AvgIpc) is 3.24. The lowest BCUT2D eigenvalue weighted by atomic mass is 9.84. The Labute approximate surface area is 212 Å². The number of amides is 1. The van der Waals surface area contributed by atoms with Crippen LogP contribution in [0.3, 0.4) is 0 Å². The molecule has 0 fully saturated rings. The number of aliphatic hydroxyl groups is 1. The molecule has 2 aliphatic rings. The Morgan fingerprint density at radius 2 is 1.65 bits per heavy atom. The van der Waals surface area contributed by atoms with Gasteiger partial charge in [-0.3, -0.25) is 9.59 Å². The minimum absolute atomic E-state index is 0.0762. The van der Waals surface area contributed by atoms with Gasteiger partial charge in [0.05, 0.1) is 6.04 Å². The van der Waals surface area contributed by atoms with Gasteiger partial charge in [-0.15, -0.1) is 0 Å². The second-order valence-electron chi connectivity index (χ2n) is 10.1. The van der Waals surface area contributed by atoms with Crippen LogP contribution < -0.4 is 5.56 Å². The molecule has 2 aromatic carbocycles. The molecule has 0 aliphatic carbocycles. The molecule has 1 aromatic heterocycles. The Morgan fingerprint density at radius 1 is 1.00 bits per heavy atom. The first kappa shape index (κ1) is 24.6. The van der Waals surface area contributed by atoms with Crippen molar-refractivity contribution < 1.29 is 22.7 Å². The van der Waals surface area contributed by atoms with Gasteiger partial charge < -0.3 is 15.0 Å². The lowest BCUT2D eigenvalue weighted by Gasteiger charge is -2.35. The van der Waals surface area contributed by atoms with E-state index < -0.39 is 38.8 Å². The Morgan fingerprint density at radius 3 is 2.30 bits per heavy atom. The third kappa shape index (κ3) is 4.17. The number of aromatic amines is 1. The molecular weight excluding hydrogens is 497 g/mol. The number of benzene rings is 2. The summed E-state index contributed by atoms with van der Waals surface area (Å²) in [6.07, 6.45) is 0. The van der Waals surface area contributed by atoms with Crippen LogP contribution in [0.2, 0.25) is 0 Å². The fourth-order valence-corrected chi connectivity index (χ4v) is 6.34. The molecule has 8 nitrogen and oxygen atoms in total. The van der Waals surface area contributed by atoms with E-state index in [0.717, 1.165) is 0 Å². The number of nitrogens with one attached hydrogen (secondary N) is 1. The molecule has 2 aliphatic heterocycles. The highest BCUT2D eigenvalue weighted by Crippen LogP contribution is 2.42. The number of rotatable bonds is 4. The normalized spacial score (nSPS) is 18.8. The summed E-state index contributed by atoms with van der Waals surface area (Å²) in [6, 6.07) is 14.0. The zero-order chi connectivity index (χ0) is 26.7. The number of sulfonamides is 1. The number of nitrogens with zero attached hydrogens (tertiary/aromatic N) is 2. The van der Waals surface area contributed by atoms with Crippen molar-refractivity contribution >= 4 is 21.6 Å². The summed E-state index contributed by atoms with van der Waals surface area (Å²) in [5.74, 6) is -1.27. The van der Waals surface area contributed by atoms with E-state index in [-0.39, 0.29) is 45.3 Å². The van der Waals surface area contributed by atoms with Crippen LogP contribution in [-0.2, 0) is 21.4 Å². The quantitative estimate of drug-likeness (QED) is 0.539. The second-order valence-corrected chi connectivity index (χ2v) is 11.7. The van der Waals surface area contributed by atoms with Gasteiger partial charge in [0.2, 0.25) is 5.56 Å². The number of fused-ring (bicyclic) bond motifs is 1. The maximum absolute atomic E-state index is 13.8. The summed E-state index contributed by atoms with van der Waals surface area (Å²) in [5, 5.41) is 11.4. The van der Waals surface area contributed by atoms with Gasteiger partial charge in [0.25, 0.3) is 15.9 Å². The minimum Gasteiger partial charge on any atom is -0.509 e. The van der Waals surface area contributed by atoms with Crippen molar-refractivity contribution in [3.8, 4) is 11.3 Å². The van der Waals surface area contributed by atoms with Crippen LogP contribution in [0.4, 0.5) is 4.39 Å². The van der Waals surface area contributed by atoms with E-state index in [1.165, 1.54) is 35.2 Å². The highest BCUT2D eigenvalue weighted by Gasteiger charge is 2.49. The van der Waals surface area contributed by atoms with Crippen LogP contribution in [-0.4, -0.2) is 41.1 Å². The van der Waals surface area contributed by atoms with Gasteiger partial charge in [0, 0.05) is 29.4 Å². The van der Waals surface area contributed by atoms with Crippen molar-refractivity contribution in [3.63, 3.8) is 0 Å². The monoisotopic (exact) mass is 521 g/mol.